The zero-order chi connectivity index (χ0) is 14.7. The highest BCUT2D eigenvalue weighted by atomic mass is 35.5. The molecule has 6 heteroatoms. The van der Waals surface area contributed by atoms with Crippen LogP contribution in [0.25, 0.3) is 0 Å². The standard InChI is InChI=1S/C14H12Cl2F2N2/c15-9-5-4-8(6-12(9)18)7-13(20-19)14-10(16)2-1-3-11(14)17/h1-6,13,20H,7,19H2. The van der Waals surface area contributed by atoms with Gasteiger partial charge in [-0.25, -0.2) is 8.78 Å². The topological polar surface area (TPSA) is 38.0 Å². The molecule has 1 unspecified atom stereocenters. The van der Waals surface area contributed by atoms with Crippen LogP contribution in [-0.4, -0.2) is 0 Å². The fourth-order valence-corrected chi connectivity index (χ4v) is 2.40. The Morgan fingerprint density at radius 3 is 2.40 bits per heavy atom. The van der Waals surface area contributed by atoms with Crippen LogP contribution < -0.4 is 11.3 Å². The summed E-state index contributed by atoms with van der Waals surface area (Å²) in [6.07, 6.45) is 0.283. The van der Waals surface area contributed by atoms with Gasteiger partial charge < -0.3 is 0 Å². The summed E-state index contributed by atoms with van der Waals surface area (Å²) in [5, 5.41) is 0.303. The number of hydrazine groups is 1. The van der Waals surface area contributed by atoms with Gasteiger partial charge in [0.15, 0.2) is 0 Å². The zero-order valence-electron chi connectivity index (χ0n) is 10.3. The van der Waals surface area contributed by atoms with Crippen LogP contribution in [0.2, 0.25) is 10.0 Å². The molecule has 0 fully saturated rings. The zero-order valence-corrected chi connectivity index (χ0v) is 11.8. The Bertz CT molecular complexity index is 600. The van der Waals surface area contributed by atoms with Gasteiger partial charge in [0, 0.05) is 10.6 Å². The number of hydrogen-bond donors (Lipinski definition) is 2. The van der Waals surface area contributed by atoms with E-state index >= 15 is 0 Å². The van der Waals surface area contributed by atoms with Crippen LogP contribution in [-0.2, 0) is 6.42 Å². The fraction of sp³-hybridized carbons (Fsp3) is 0.143. The van der Waals surface area contributed by atoms with Gasteiger partial charge in [-0.15, -0.1) is 0 Å². The molecule has 0 spiro atoms. The molecule has 106 valence electrons. The molecule has 20 heavy (non-hydrogen) atoms. The van der Waals surface area contributed by atoms with E-state index in [1.54, 1.807) is 12.1 Å². The van der Waals surface area contributed by atoms with E-state index in [1.165, 1.54) is 24.3 Å². The largest absolute Gasteiger partial charge is 0.271 e. The first-order valence-corrected chi connectivity index (χ1v) is 6.62. The molecular formula is C14H12Cl2F2N2. The number of benzene rings is 2. The third-order valence-corrected chi connectivity index (χ3v) is 3.61. The second-order valence-corrected chi connectivity index (χ2v) is 5.12. The summed E-state index contributed by atoms with van der Waals surface area (Å²) >= 11 is 11.6. The van der Waals surface area contributed by atoms with Crippen molar-refractivity contribution >= 4 is 23.2 Å². The minimum atomic E-state index is -0.565. The molecule has 0 saturated heterocycles. The lowest BCUT2D eigenvalue weighted by Crippen LogP contribution is -2.30. The number of halogens is 4. The first-order valence-electron chi connectivity index (χ1n) is 5.87. The minimum Gasteiger partial charge on any atom is -0.271 e. The Hall–Kier alpha value is -1.20. The van der Waals surface area contributed by atoms with E-state index in [0.717, 1.165) is 0 Å². The fourth-order valence-electron chi connectivity index (χ4n) is 1.99. The lowest BCUT2D eigenvalue weighted by Gasteiger charge is -2.18. The molecule has 3 N–H and O–H groups in total. The molecule has 2 nitrogen and oxygen atoms in total. The van der Waals surface area contributed by atoms with Crippen molar-refractivity contribution in [1.82, 2.24) is 5.43 Å². The number of nitrogens with one attached hydrogen (secondary N) is 1. The monoisotopic (exact) mass is 316 g/mol. The Kier molecular flexibility index (Phi) is 4.94. The Labute approximate surface area is 125 Å². The van der Waals surface area contributed by atoms with Gasteiger partial charge in [-0.05, 0) is 36.2 Å². The summed E-state index contributed by atoms with van der Waals surface area (Å²) in [6, 6.07) is 8.22. The molecule has 0 saturated carbocycles. The smallest absolute Gasteiger partial charge is 0.142 e. The highest BCUT2D eigenvalue weighted by molar-refractivity contribution is 6.31. The van der Waals surface area contributed by atoms with Crippen LogP contribution in [0.1, 0.15) is 17.2 Å². The molecule has 0 bridgehead atoms. The van der Waals surface area contributed by atoms with E-state index in [0.29, 0.717) is 5.56 Å². The summed E-state index contributed by atoms with van der Waals surface area (Å²) in [7, 11) is 0. The lowest BCUT2D eigenvalue weighted by atomic mass is 9.99. The molecule has 0 amide bonds. The maximum atomic E-state index is 13.9. The summed E-state index contributed by atoms with van der Waals surface area (Å²) < 4.78 is 27.3. The molecule has 0 aromatic heterocycles. The van der Waals surface area contributed by atoms with Crippen LogP contribution >= 0.6 is 23.2 Å². The van der Waals surface area contributed by atoms with Crippen molar-refractivity contribution in [2.75, 3.05) is 0 Å². The van der Waals surface area contributed by atoms with Gasteiger partial charge in [0.25, 0.3) is 0 Å². The first kappa shape index (κ1) is 15.2. The van der Waals surface area contributed by atoms with Gasteiger partial charge in [0.1, 0.15) is 11.6 Å². The Balaban J connectivity index is 2.31. The van der Waals surface area contributed by atoms with Gasteiger partial charge in [-0.1, -0.05) is 35.3 Å². The molecule has 2 rings (SSSR count). The number of nitrogens with two attached hydrogens (primary N) is 1. The van der Waals surface area contributed by atoms with E-state index in [9.17, 15) is 8.78 Å². The van der Waals surface area contributed by atoms with Crippen molar-refractivity contribution in [2.24, 2.45) is 5.84 Å². The van der Waals surface area contributed by atoms with E-state index in [1.807, 2.05) is 0 Å². The molecule has 0 aliphatic carbocycles. The molecule has 0 aliphatic heterocycles. The molecule has 2 aromatic carbocycles. The summed E-state index contributed by atoms with van der Waals surface area (Å²) in [4.78, 5) is 0. The predicted molar refractivity (Wildman–Crippen MR) is 76.6 cm³/mol. The molecule has 0 radical (unpaired) electrons. The average Bonchev–Trinajstić information content (AvgIpc) is 2.41. The third-order valence-electron chi connectivity index (χ3n) is 2.97. The first-order chi connectivity index (χ1) is 9.52. The second kappa shape index (κ2) is 6.50. The second-order valence-electron chi connectivity index (χ2n) is 4.31. The van der Waals surface area contributed by atoms with E-state index < -0.39 is 17.7 Å². The molecular weight excluding hydrogens is 305 g/mol. The van der Waals surface area contributed by atoms with Crippen LogP contribution in [0.5, 0.6) is 0 Å². The molecule has 2 aromatic rings. The Morgan fingerprint density at radius 2 is 1.80 bits per heavy atom. The van der Waals surface area contributed by atoms with Crippen molar-refractivity contribution in [2.45, 2.75) is 12.5 Å². The quantitative estimate of drug-likeness (QED) is 0.660. The van der Waals surface area contributed by atoms with Gasteiger partial charge in [0.2, 0.25) is 0 Å². The van der Waals surface area contributed by atoms with Crippen molar-refractivity contribution in [3.05, 3.63) is 69.2 Å². The van der Waals surface area contributed by atoms with Crippen LogP contribution in [0.15, 0.2) is 36.4 Å². The van der Waals surface area contributed by atoms with Gasteiger partial charge in [-0.3, -0.25) is 11.3 Å². The summed E-state index contributed by atoms with van der Waals surface area (Å²) in [6.45, 7) is 0. The van der Waals surface area contributed by atoms with E-state index in [-0.39, 0.29) is 22.0 Å². The predicted octanol–water partition coefficient (Wildman–Crippen LogP) is 4.02. The minimum absolute atomic E-state index is 0.0370. The summed E-state index contributed by atoms with van der Waals surface area (Å²) in [5.41, 5.74) is 3.39. The maximum absolute atomic E-state index is 13.9. The highest BCUT2D eigenvalue weighted by Gasteiger charge is 2.18. The van der Waals surface area contributed by atoms with Crippen molar-refractivity contribution in [3.8, 4) is 0 Å². The maximum Gasteiger partial charge on any atom is 0.142 e. The Morgan fingerprint density at radius 1 is 1.05 bits per heavy atom. The van der Waals surface area contributed by atoms with Gasteiger partial charge in [-0.2, -0.15) is 0 Å². The molecule has 1 atom stereocenters. The van der Waals surface area contributed by atoms with E-state index in [4.69, 9.17) is 29.0 Å². The normalized spacial score (nSPS) is 12.4. The van der Waals surface area contributed by atoms with Crippen LogP contribution in [0, 0.1) is 11.6 Å². The average molecular weight is 317 g/mol. The van der Waals surface area contributed by atoms with Gasteiger partial charge >= 0.3 is 0 Å². The number of rotatable bonds is 4. The summed E-state index contributed by atoms with van der Waals surface area (Å²) in [5.74, 6) is 4.47. The van der Waals surface area contributed by atoms with Crippen LogP contribution in [0.4, 0.5) is 8.78 Å². The van der Waals surface area contributed by atoms with E-state index in [2.05, 4.69) is 5.43 Å². The van der Waals surface area contributed by atoms with Gasteiger partial charge in [0.05, 0.1) is 11.1 Å². The van der Waals surface area contributed by atoms with Crippen molar-refractivity contribution in [1.29, 1.82) is 0 Å². The SMILES string of the molecule is NNC(Cc1ccc(Cl)c(F)c1)c1c(F)cccc1Cl. The molecule has 0 heterocycles. The molecule has 0 aliphatic rings. The lowest BCUT2D eigenvalue weighted by molar-refractivity contribution is 0.509. The highest BCUT2D eigenvalue weighted by Crippen LogP contribution is 2.28. The third kappa shape index (κ3) is 3.27. The van der Waals surface area contributed by atoms with Crippen molar-refractivity contribution < 1.29 is 8.78 Å². The number of hydrogen-bond acceptors (Lipinski definition) is 2. The van der Waals surface area contributed by atoms with Crippen molar-refractivity contribution in [3.63, 3.8) is 0 Å². The van der Waals surface area contributed by atoms with Crippen LogP contribution in [0.3, 0.4) is 0 Å².